The number of nitrogens with zero attached hydrogens (tertiary/aromatic N) is 2. The van der Waals surface area contributed by atoms with E-state index >= 15 is 0 Å². The largest absolute Gasteiger partial charge is 0.350 e. The molecule has 0 aliphatic carbocycles. The zero-order valence-electron chi connectivity index (χ0n) is 7.62. The maximum Gasteiger partial charge on any atom is 0.269 e. The summed E-state index contributed by atoms with van der Waals surface area (Å²) in [6, 6.07) is 1.69. The molecule has 0 aliphatic heterocycles. The van der Waals surface area contributed by atoms with Gasteiger partial charge in [-0.25, -0.2) is 0 Å². The number of rotatable bonds is 3. The van der Waals surface area contributed by atoms with Gasteiger partial charge in [0.05, 0.1) is 0 Å². The molecule has 0 saturated carbocycles. The van der Waals surface area contributed by atoms with Crippen LogP contribution in [0.25, 0.3) is 0 Å². The van der Waals surface area contributed by atoms with Crippen molar-refractivity contribution in [2.45, 2.75) is 11.8 Å². The van der Waals surface area contributed by atoms with Crippen LogP contribution in [-0.2, 0) is 7.05 Å². The molecule has 0 aromatic carbocycles. The van der Waals surface area contributed by atoms with E-state index in [1.54, 1.807) is 24.0 Å². The van der Waals surface area contributed by atoms with Gasteiger partial charge in [-0.1, -0.05) is 22.9 Å². The Hall–Kier alpha value is -0.840. The molecule has 0 radical (unpaired) electrons. The standard InChI is InChI=1S/C8H12BrN3O/c1-6(9)5-10-8(13)7-3-4-11-12(7)2/h3-4,6H,5H2,1-2H3,(H,10,13). The van der Waals surface area contributed by atoms with Crippen molar-refractivity contribution in [3.05, 3.63) is 18.0 Å². The summed E-state index contributed by atoms with van der Waals surface area (Å²) in [6.45, 7) is 2.59. The van der Waals surface area contributed by atoms with Crippen LogP contribution in [0.1, 0.15) is 17.4 Å². The van der Waals surface area contributed by atoms with Crippen molar-refractivity contribution < 1.29 is 4.79 Å². The molecule has 1 rings (SSSR count). The van der Waals surface area contributed by atoms with E-state index in [0.717, 1.165) is 0 Å². The van der Waals surface area contributed by atoms with Crippen LogP contribution in [0.5, 0.6) is 0 Å². The van der Waals surface area contributed by atoms with Crippen LogP contribution in [0.3, 0.4) is 0 Å². The normalized spacial score (nSPS) is 12.5. The molecular formula is C8H12BrN3O. The van der Waals surface area contributed by atoms with Gasteiger partial charge in [0.15, 0.2) is 0 Å². The third kappa shape index (κ3) is 2.84. The lowest BCUT2D eigenvalue weighted by atomic mass is 10.4. The van der Waals surface area contributed by atoms with Gasteiger partial charge in [-0.15, -0.1) is 0 Å². The first-order valence-corrected chi connectivity index (χ1v) is 4.93. The minimum Gasteiger partial charge on any atom is -0.350 e. The van der Waals surface area contributed by atoms with Crippen LogP contribution in [-0.4, -0.2) is 27.1 Å². The number of amides is 1. The van der Waals surface area contributed by atoms with Crippen molar-refractivity contribution >= 4 is 21.8 Å². The summed E-state index contributed by atoms with van der Waals surface area (Å²) in [5.74, 6) is -0.0914. The van der Waals surface area contributed by atoms with Crippen molar-refractivity contribution in [3.8, 4) is 0 Å². The topological polar surface area (TPSA) is 46.9 Å². The van der Waals surface area contributed by atoms with E-state index in [4.69, 9.17) is 0 Å². The molecule has 0 fully saturated rings. The molecule has 0 spiro atoms. The second-order valence-electron chi connectivity index (χ2n) is 2.83. The number of hydrogen-bond acceptors (Lipinski definition) is 2. The highest BCUT2D eigenvalue weighted by molar-refractivity contribution is 9.09. The smallest absolute Gasteiger partial charge is 0.269 e. The predicted octanol–water partition coefficient (Wildman–Crippen LogP) is 0.933. The molecule has 1 unspecified atom stereocenters. The summed E-state index contributed by atoms with van der Waals surface area (Å²) in [6.07, 6.45) is 1.60. The minimum absolute atomic E-state index is 0.0914. The van der Waals surface area contributed by atoms with E-state index in [0.29, 0.717) is 12.2 Å². The van der Waals surface area contributed by atoms with Gasteiger partial charge in [0.2, 0.25) is 0 Å². The molecule has 1 aromatic rings. The molecule has 1 aromatic heterocycles. The lowest BCUT2D eigenvalue weighted by Gasteiger charge is -2.06. The number of carbonyl (C=O) groups excluding carboxylic acids is 1. The van der Waals surface area contributed by atoms with Crippen LogP contribution in [0.4, 0.5) is 0 Å². The Morgan fingerprint density at radius 1 is 1.85 bits per heavy atom. The van der Waals surface area contributed by atoms with Crippen molar-refractivity contribution in [1.29, 1.82) is 0 Å². The molecule has 0 aliphatic rings. The van der Waals surface area contributed by atoms with E-state index in [-0.39, 0.29) is 10.7 Å². The SMILES string of the molecule is CC(Br)CNC(=O)c1ccnn1C. The fourth-order valence-electron chi connectivity index (χ4n) is 0.921. The van der Waals surface area contributed by atoms with Gasteiger partial charge in [0.25, 0.3) is 5.91 Å². The lowest BCUT2D eigenvalue weighted by Crippen LogP contribution is -2.29. The first kappa shape index (κ1) is 10.2. The number of alkyl halides is 1. The van der Waals surface area contributed by atoms with E-state index in [1.807, 2.05) is 6.92 Å². The average molecular weight is 246 g/mol. The van der Waals surface area contributed by atoms with Crippen molar-refractivity contribution in [1.82, 2.24) is 15.1 Å². The van der Waals surface area contributed by atoms with E-state index in [1.165, 1.54) is 0 Å². The Morgan fingerprint density at radius 2 is 2.54 bits per heavy atom. The van der Waals surface area contributed by atoms with Crippen LogP contribution in [0, 0.1) is 0 Å². The monoisotopic (exact) mass is 245 g/mol. The summed E-state index contributed by atoms with van der Waals surface area (Å²) in [4.78, 5) is 11.7. The molecule has 0 saturated heterocycles. The molecule has 1 amide bonds. The number of carbonyl (C=O) groups is 1. The fraction of sp³-hybridized carbons (Fsp3) is 0.500. The van der Waals surface area contributed by atoms with Gasteiger partial charge in [0, 0.05) is 24.6 Å². The summed E-state index contributed by atoms with van der Waals surface area (Å²) < 4.78 is 1.55. The highest BCUT2D eigenvalue weighted by atomic mass is 79.9. The maximum absolute atomic E-state index is 11.4. The molecule has 13 heavy (non-hydrogen) atoms. The van der Waals surface area contributed by atoms with Gasteiger partial charge < -0.3 is 5.32 Å². The van der Waals surface area contributed by atoms with E-state index in [9.17, 15) is 4.79 Å². The molecule has 1 atom stereocenters. The first-order valence-electron chi connectivity index (χ1n) is 4.01. The first-order chi connectivity index (χ1) is 6.11. The Bertz CT molecular complexity index is 295. The van der Waals surface area contributed by atoms with Gasteiger partial charge >= 0.3 is 0 Å². The second kappa shape index (κ2) is 4.41. The molecular weight excluding hydrogens is 234 g/mol. The van der Waals surface area contributed by atoms with E-state index in [2.05, 4.69) is 26.3 Å². The van der Waals surface area contributed by atoms with Crippen molar-refractivity contribution in [3.63, 3.8) is 0 Å². The maximum atomic E-state index is 11.4. The third-order valence-corrected chi connectivity index (χ3v) is 1.92. The summed E-state index contributed by atoms with van der Waals surface area (Å²) >= 11 is 3.35. The second-order valence-corrected chi connectivity index (χ2v) is 4.39. The van der Waals surface area contributed by atoms with E-state index < -0.39 is 0 Å². The summed E-state index contributed by atoms with van der Waals surface area (Å²) in [5.41, 5.74) is 0.577. The number of nitrogens with one attached hydrogen (secondary N) is 1. The van der Waals surface area contributed by atoms with Gasteiger partial charge in [-0.3, -0.25) is 9.48 Å². The van der Waals surface area contributed by atoms with Crippen molar-refractivity contribution in [2.24, 2.45) is 7.05 Å². The van der Waals surface area contributed by atoms with Crippen LogP contribution in [0.15, 0.2) is 12.3 Å². The quantitative estimate of drug-likeness (QED) is 0.806. The number of aryl methyl sites for hydroxylation is 1. The third-order valence-electron chi connectivity index (χ3n) is 1.60. The zero-order chi connectivity index (χ0) is 9.84. The highest BCUT2D eigenvalue weighted by Crippen LogP contribution is 1.98. The van der Waals surface area contributed by atoms with Gasteiger partial charge in [-0.05, 0) is 6.07 Å². The fourth-order valence-corrected chi connectivity index (χ4v) is 1.08. The molecule has 0 bridgehead atoms. The predicted molar refractivity (Wildman–Crippen MR) is 53.9 cm³/mol. The Kier molecular flexibility index (Phi) is 3.48. The Labute approximate surface area is 85.4 Å². The minimum atomic E-state index is -0.0914. The lowest BCUT2D eigenvalue weighted by molar-refractivity contribution is 0.0945. The number of aromatic nitrogens is 2. The zero-order valence-corrected chi connectivity index (χ0v) is 9.21. The molecule has 1 N–H and O–H groups in total. The van der Waals surface area contributed by atoms with Crippen LogP contribution >= 0.6 is 15.9 Å². The summed E-state index contributed by atoms with van der Waals surface area (Å²) in [5, 5.41) is 6.69. The number of halogens is 1. The van der Waals surface area contributed by atoms with Gasteiger partial charge in [-0.2, -0.15) is 5.10 Å². The summed E-state index contributed by atoms with van der Waals surface area (Å²) in [7, 11) is 1.74. The van der Waals surface area contributed by atoms with Crippen LogP contribution in [0.2, 0.25) is 0 Å². The Balaban J connectivity index is 2.54. The van der Waals surface area contributed by atoms with Crippen molar-refractivity contribution in [2.75, 3.05) is 6.54 Å². The Morgan fingerprint density at radius 3 is 3.00 bits per heavy atom. The average Bonchev–Trinajstić information content (AvgIpc) is 2.47. The molecule has 4 nitrogen and oxygen atoms in total. The number of hydrogen-bond donors (Lipinski definition) is 1. The molecule has 1 heterocycles. The van der Waals surface area contributed by atoms with Gasteiger partial charge in [0.1, 0.15) is 5.69 Å². The molecule has 72 valence electrons. The van der Waals surface area contributed by atoms with Crippen LogP contribution < -0.4 is 5.32 Å². The molecule has 5 heteroatoms. The highest BCUT2D eigenvalue weighted by Gasteiger charge is 2.09.